The van der Waals surface area contributed by atoms with Gasteiger partial charge in [0.2, 0.25) is 0 Å². The first-order chi connectivity index (χ1) is 9.09. The van der Waals surface area contributed by atoms with E-state index in [0.717, 1.165) is 17.3 Å². The molecule has 2 N–H and O–H groups in total. The molecule has 0 saturated heterocycles. The van der Waals surface area contributed by atoms with E-state index in [1.54, 1.807) is 18.1 Å². The summed E-state index contributed by atoms with van der Waals surface area (Å²) in [5.41, 5.74) is 7.12. The number of pyridine rings is 1. The highest BCUT2D eigenvalue weighted by Gasteiger charge is 2.15. The van der Waals surface area contributed by atoms with Crippen LogP contribution in [0.25, 0.3) is 10.9 Å². The first kappa shape index (κ1) is 13.5. The highest BCUT2D eigenvalue weighted by Crippen LogP contribution is 2.17. The number of hydrogen-bond donors (Lipinski definition) is 1. The zero-order valence-corrected chi connectivity index (χ0v) is 11.3. The standard InChI is InChI=1S/C15H19N3O/c1-11(16)8-10-18(2)15(19)13-7-3-5-12-6-4-9-17-14(12)13/h3-7,9,11H,8,10,16H2,1-2H3. The largest absolute Gasteiger partial charge is 0.342 e. The summed E-state index contributed by atoms with van der Waals surface area (Å²) in [6, 6.07) is 9.59. The SMILES string of the molecule is CC(N)CCN(C)C(=O)c1cccc2cccnc12. The van der Waals surface area contributed by atoms with Crippen LogP contribution >= 0.6 is 0 Å². The van der Waals surface area contributed by atoms with Crippen LogP contribution in [0, 0.1) is 0 Å². The van der Waals surface area contributed by atoms with Gasteiger partial charge in [-0.15, -0.1) is 0 Å². The molecule has 1 aromatic carbocycles. The van der Waals surface area contributed by atoms with E-state index in [1.807, 2.05) is 37.3 Å². The van der Waals surface area contributed by atoms with Gasteiger partial charge in [0.1, 0.15) is 0 Å². The molecule has 0 spiro atoms. The summed E-state index contributed by atoms with van der Waals surface area (Å²) < 4.78 is 0. The van der Waals surface area contributed by atoms with E-state index >= 15 is 0 Å². The fourth-order valence-electron chi connectivity index (χ4n) is 1.98. The third-order valence-electron chi connectivity index (χ3n) is 3.13. The van der Waals surface area contributed by atoms with Crippen molar-refractivity contribution in [2.45, 2.75) is 19.4 Å². The Morgan fingerprint density at radius 1 is 1.37 bits per heavy atom. The highest BCUT2D eigenvalue weighted by molar-refractivity contribution is 6.05. The molecule has 0 saturated carbocycles. The molecule has 0 fully saturated rings. The van der Waals surface area contributed by atoms with Gasteiger partial charge >= 0.3 is 0 Å². The van der Waals surface area contributed by atoms with Crippen LogP contribution in [0.15, 0.2) is 36.5 Å². The lowest BCUT2D eigenvalue weighted by molar-refractivity contribution is 0.0793. The maximum absolute atomic E-state index is 12.4. The fourth-order valence-corrected chi connectivity index (χ4v) is 1.98. The van der Waals surface area contributed by atoms with Crippen LogP contribution in [0.3, 0.4) is 0 Å². The molecule has 2 rings (SSSR count). The van der Waals surface area contributed by atoms with Crippen molar-refractivity contribution in [1.82, 2.24) is 9.88 Å². The van der Waals surface area contributed by atoms with Crippen LogP contribution < -0.4 is 5.73 Å². The van der Waals surface area contributed by atoms with Crippen LogP contribution in [0.2, 0.25) is 0 Å². The molecule has 1 unspecified atom stereocenters. The summed E-state index contributed by atoms with van der Waals surface area (Å²) in [5, 5.41) is 0.981. The number of rotatable bonds is 4. The van der Waals surface area contributed by atoms with E-state index in [1.165, 1.54) is 0 Å². The van der Waals surface area contributed by atoms with Crippen molar-refractivity contribution in [2.24, 2.45) is 5.73 Å². The lowest BCUT2D eigenvalue weighted by Crippen LogP contribution is -2.31. The smallest absolute Gasteiger partial charge is 0.255 e. The van der Waals surface area contributed by atoms with E-state index in [-0.39, 0.29) is 11.9 Å². The van der Waals surface area contributed by atoms with Crippen LogP contribution in [-0.4, -0.2) is 35.4 Å². The minimum absolute atomic E-state index is 0.00931. The van der Waals surface area contributed by atoms with Crippen molar-refractivity contribution in [2.75, 3.05) is 13.6 Å². The van der Waals surface area contributed by atoms with Gasteiger partial charge in [-0.25, -0.2) is 0 Å². The van der Waals surface area contributed by atoms with Crippen LogP contribution in [0.1, 0.15) is 23.7 Å². The van der Waals surface area contributed by atoms with Crippen LogP contribution in [0.4, 0.5) is 0 Å². The van der Waals surface area contributed by atoms with Crippen molar-refractivity contribution < 1.29 is 4.79 Å². The third kappa shape index (κ3) is 3.09. The molecule has 1 atom stereocenters. The maximum atomic E-state index is 12.4. The van der Waals surface area contributed by atoms with E-state index in [9.17, 15) is 4.79 Å². The van der Waals surface area contributed by atoms with E-state index in [2.05, 4.69) is 4.98 Å². The van der Waals surface area contributed by atoms with E-state index in [0.29, 0.717) is 12.1 Å². The van der Waals surface area contributed by atoms with Gasteiger partial charge < -0.3 is 10.6 Å². The van der Waals surface area contributed by atoms with Gasteiger partial charge in [0.25, 0.3) is 5.91 Å². The molecule has 0 radical (unpaired) electrons. The number of nitrogens with two attached hydrogens (primary N) is 1. The number of amides is 1. The number of aromatic nitrogens is 1. The minimum atomic E-state index is -0.00931. The Morgan fingerprint density at radius 2 is 2.11 bits per heavy atom. The zero-order valence-electron chi connectivity index (χ0n) is 11.3. The Labute approximate surface area is 113 Å². The number of benzene rings is 1. The number of fused-ring (bicyclic) bond motifs is 1. The quantitative estimate of drug-likeness (QED) is 0.912. The molecule has 1 heterocycles. The first-order valence-electron chi connectivity index (χ1n) is 6.44. The van der Waals surface area contributed by atoms with Crippen molar-refractivity contribution in [3.8, 4) is 0 Å². The van der Waals surface area contributed by atoms with Crippen LogP contribution in [-0.2, 0) is 0 Å². The molecule has 0 aliphatic heterocycles. The van der Waals surface area contributed by atoms with Gasteiger partial charge in [-0.1, -0.05) is 18.2 Å². The molecular formula is C15H19N3O. The average Bonchev–Trinajstić information content (AvgIpc) is 2.43. The van der Waals surface area contributed by atoms with Crippen LogP contribution in [0.5, 0.6) is 0 Å². The number of carbonyl (C=O) groups excluding carboxylic acids is 1. The Hall–Kier alpha value is -1.94. The summed E-state index contributed by atoms with van der Waals surface area (Å²) in [6.07, 6.45) is 2.50. The molecule has 19 heavy (non-hydrogen) atoms. The second-order valence-electron chi connectivity index (χ2n) is 4.87. The van der Waals surface area contributed by atoms with Gasteiger partial charge in [0.15, 0.2) is 0 Å². The molecule has 2 aromatic rings. The Morgan fingerprint density at radius 3 is 2.84 bits per heavy atom. The predicted molar refractivity (Wildman–Crippen MR) is 77.0 cm³/mol. The summed E-state index contributed by atoms with van der Waals surface area (Å²) in [7, 11) is 1.80. The molecule has 1 aromatic heterocycles. The maximum Gasteiger partial charge on any atom is 0.255 e. The number of nitrogens with zero attached hydrogens (tertiary/aromatic N) is 2. The second-order valence-corrected chi connectivity index (χ2v) is 4.87. The minimum Gasteiger partial charge on any atom is -0.342 e. The molecule has 0 bridgehead atoms. The third-order valence-corrected chi connectivity index (χ3v) is 3.13. The summed E-state index contributed by atoms with van der Waals surface area (Å²) in [5.74, 6) is -0.00931. The zero-order chi connectivity index (χ0) is 13.8. The number of carbonyl (C=O) groups is 1. The highest BCUT2D eigenvalue weighted by atomic mass is 16.2. The lowest BCUT2D eigenvalue weighted by atomic mass is 10.1. The first-order valence-corrected chi connectivity index (χ1v) is 6.44. The fraction of sp³-hybridized carbons (Fsp3) is 0.333. The summed E-state index contributed by atoms with van der Waals surface area (Å²) in [6.45, 7) is 2.59. The summed E-state index contributed by atoms with van der Waals surface area (Å²) in [4.78, 5) is 18.4. The Balaban J connectivity index is 2.26. The second kappa shape index (κ2) is 5.80. The van der Waals surface area contributed by atoms with E-state index in [4.69, 9.17) is 5.73 Å². The lowest BCUT2D eigenvalue weighted by Gasteiger charge is -2.19. The predicted octanol–water partition coefficient (Wildman–Crippen LogP) is 2.04. The molecule has 1 amide bonds. The van der Waals surface area contributed by atoms with E-state index < -0.39 is 0 Å². The number of hydrogen-bond acceptors (Lipinski definition) is 3. The van der Waals surface area contributed by atoms with Gasteiger partial charge in [0.05, 0.1) is 11.1 Å². The molecule has 0 aliphatic carbocycles. The van der Waals surface area contributed by atoms with Gasteiger partial charge in [0, 0.05) is 31.2 Å². The van der Waals surface area contributed by atoms with Gasteiger partial charge in [-0.2, -0.15) is 0 Å². The van der Waals surface area contributed by atoms with Crippen molar-refractivity contribution >= 4 is 16.8 Å². The van der Waals surface area contributed by atoms with Crippen molar-refractivity contribution in [1.29, 1.82) is 0 Å². The molecule has 4 heteroatoms. The molecular weight excluding hydrogens is 238 g/mol. The molecule has 0 aliphatic rings. The normalized spacial score (nSPS) is 12.4. The van der Waals surface area contributed by atoms with Crippen molar-refractivity contribution in [3.05, 3.63) is 42.1 Å². The Bertz CT molecular complexity index is 575. The summed E-state index contributed by atoms with van der Waals surface area (Å²) >= 11 is 0. The number of para-hydroxylation sites is 1. The van der Waals surface area contributed by atoms with Crippen molar-refractivity contribution in [3.63, 3.8) is 0 Å². The topological polar surface area (TPSA) is 59.2 Å². The van der Waals surface area contributed by atoms with Gasteiger partial charge in [-0.05, 0) is 25.5 Å². The monoisotopic (exact) mass is 257 g/mol. The molecule has 4 nitrogen and oxygen atoms in total. The molecule has 100 valence electrons. The van der Waals surface area contributed by atoms with Gasteiger partial charge in [-0.3, -0.25) is 9.78 Å². The average molecular weight is 257 g/mol. The Kier molecular flexibility index (Phi) is 4.12.